The number of aliphatic carboxylic acids is 1. The summed E-state index contributed by atoms with van der Waals surface area (Å²) in [6.45, 7) is 1.79. The van der Waals surface area contributed by atoms with Crippen molar-refractivity contribution in [2.45, 2.75) is 31.3 Å². The number of anilines is 2. The minimum absolute atomic E-state index is 0.00874. The second-order valence-electron chi connectivity index (χ2n) is 5.65. The number of carbonyl (C=O) groups excluding carboxylic acids is 1. The molecule has 2 atom stereocenters. The van der Waals surface area contributed by atoms with E-state index in [1.54, 1.807) is 0 Å². The van der Waals surface area contributed by atoms with Crippen molar-refractivity contribution in [2.24, 2.45) is 5.73 Å². The Morgan fingerprint density at radius 3 is 2.43 bits per heavy atom. The molecule has 6 N–H and O–H groups in total. The zero-order valence-electron chi connectivity index (χ0n) is 12.7. The number of hydrogen-bond acceptors (Lipinski definition) is 6. The summed E-state index contributed by atoms with van der Waals surface area (Å²) in [6.07, 6.45) is 0.647. The third-order valence-electron chi connectivity index (χ3n) is 4.13. The molecule has 1 aliphatic heterocycles. The highest BCUT2D eigenvalue weighted by atomic mass is 16.4. The van der Waals surface area contributed by atoms with Gasteiger partial charge in [-0.05, 0) is 38.0 Å². The first-order chi connectivity index (χ1) is 10.7. The molecule has 1 aromatic carbocycles. The van der Waals surface area contributed by atoms with Crippen LogP contribution < -0.4 is 16.4 Å². The molecule has 2 rings (SSSR count). The molecule has 0 aromatic heterocycles. The van der Waals surface area contributed by atoms with E-state index in [2.05, 4.69) is 0 Å². The molecule has 0 saturated carbocycles. The molecule has 1 aliphatic rings. The minimum atomic E-state index is -1.74. The molecule has 1 saturated heterocycles. The second kappa shape index (κ2) is 5.88. The van der Waals surface area contributed by atoms with Gasteiger partial charge in [0.05, 0.1) is 11.6 Å². The summed E-state index contributed by atoms with van der Waals surface area (Å²) in [5.41, 5.74) is 9.93. The van der Waals surface area contributed by atoms with E-state index in [9.17, 15) is 19.5 Å². The molecule has 0 radical (unpaired) electrons. The molecule has 0 amide bonds. The van der Waals surface area contributed by atoms with Crippen molar-refractivity contribution >= 4 is 29.1 Å². The van der Waals surface area contributed by atoms with Crippen LogP contribution in [0.1, 0.15) is 30.1 Å². The fourth-order valence-corrected chi connectivity index (χ4v) is 3.04. The number of rotatable bonds is 5. The summed E-state index contributed by atoms with van der Waals surface area (Å²) < 4.78 is 0. The Morgan fingerprint density at radius 2 is 1.96 bits per heavy atom. The fourth-order valence-electron chi connectivity index (χ4n) is 3.04. The number of carboxylic acids is 2. The lowest BCUT2D eigenvalue weighted by atomic mass is 9.87. The van der Waals surface area contributed by atoms with E-state index >= 15 is 0 Å². The molecule has 8 nitrogen and oxygen atoms in total. The Morgan fingerprint density at radius 1 is 1.30 bits per heavy atom. The first-order valence-electron chi connectivity index (χ1n) is 7.15. The maximum Gasteiger partial charge on any atom is 0.337 e. The SMILES string of the molecule is C[C@H](N)C(=O)[C@@]1(C(=O)O)CCCN1c1ccc(C(=O)O)c(N)c1. The van der Waals surface area contributed by atoms with Crippen LogP contribution in [0.4, 0.5) is 11.4 Å². The molecule has 1 heterocycles. The molecular weight excluding hydrogens is 302 g/mol. The Hall–Kier alpha value is -2.61. The Kier molecular flexibility index (Phi) is 4.28. The average molecular weight is 321 g/mol. The molecular formula is C15H19N3O5. The van der Waals surface area contributed by atoms with Gasteiger partial charge in [-0.2, -0.15) is 0 Å². The summed E-state index contributed by atoms with van der Waals surface area (Å²) in [6, 6.07) is 3.20. The number of Topliss-reactive ketones (excluding diaryl/α,β-unsaturated/α-hetero) is 1. The van der Waals surface area contributed by atoms with Crippen LogP contribution in [0.3, 0.4) is 0 Å². The average Bonchev–Trinajstić information content (AvgIpc) is 2.91. The van der Waals surface area contributed by atoms with Gasteiger partial charge in [-0.15, -0.1) is 0 Å². The van der Waals surface area contributed by atoms with Crippen LogP contribution in [0, 0.1) is 0 Å². The first-order valence-corrected chi connectivity index (χ1v) is 7.15. The molecule has 0 bridgehead atoms. The maximum absolute atomic E-state index is 12.5. The van der Waals surface area contributed by atoms with E-state index in [4.69, 9.17) is 16.6 Å². The third kappa shape index (κ3) is 2.61. The standard InChI is InChI=1S/C15H19N3O5/c1-8(16)12(19)15(14(22)23)5-2-6-18(15)9-3-4-10(13(20)21)11(17)7-9/h3-4,7-8H,2,5-6,16-17H2,1H3,(H,20,21)(H,22,23)/t8-,15+/m0/s1. The van der Waals surface area contributed by atoms with Crippen LogP contribution in [-0.2, 0) is 9.59 Å². The number of nitrogens with zero attached hydrogens (tertiary/aromatic N) is 1. The third-order valence-corrected chi connectivity index (χ3v) is 4.13. The lowest BCUT2D eigenvalue weighted by Crippen LogP contribution is -2.61. The van der Waals surface area contributed by atoms with Crippen molar-refractivity contribution in [2.75, 3.05) is 17.2 Å². The van der Waals surface area contributed by atoms with Crippen molar-refractivity contribution in [1.29, 1.82) is 0 Å². The van der Waals surface area contributed by atoms with Crippen LogP contribution in [0.25, 0.3) is 0 Å². The fraction of sp³-hybridized carbons (Fsp3) is 0.400. The molecule has 0 unspecified atom stereocenters. The summed E-state index contributed by atoms with van der Waals surface area (Å²) in [5, 5.41) is 18.7. The largest absolute Gasteiger partial charge is 0.479 e. The molecule has 23 heavy (non-hydrogen) atoms. The van der Waals surface area contributed by atoms with Crippen molar-refractivity contribution in [1.82, 2.24) is 0 Å². The van der Waals surface area contributed by atoms with Crippen LogP contribution in [-0.4, -0.2) is 46.1 Å². The summed E-state index contributed by atoms with van der Waals surface area (Å²) >= 11 is 0. The summed E-state index contributed by atoms with van der Waals surface area (Å²) in [5.74, 6) is -3.02. The molecule has 124 valence electrons. The lowest BCUT2D eigenvalue weighted by Gasteiger charge is -2.36. The van der Waals surface area contributed by atoms with Gasteiger partial charge in [0.15, 0.2) is 11.3 Å². The second-order valence-corrected chi connectivity index (χ2v) is 5.65. The van der Waals surface area contributed by atoms with Crippen molar-refractivity contribution in [3.05, 3.63) is 23.8 Å². The molecule has 8 heteroatoms. The van der Waals surface area contributed by atoms with Crippen LogP contribution >= 0.6 is 0 Å². The normalized spacial score (nSPS) is 21.9. The zero-order valence-corrected chi connectivity index (χ0v) is 12.7. The highest BCUT2D eigenvalue weighted by Gasteiger charge is 2.54. The Balaban J connectivity index is 2.52. The predicted molar refractivity (Wildman–Crippen MR) is 83.4 cm³/mol. The number of ketones is 1. The Bertz CT molecular complexity index is 673. The van der Waals surface area contributed by atoms with E-state index in [0.29, 0.717) is 18.7 Å². The molecule has 1 aromatic rings. The van der Waals surface area contributed by atoms with Gasteiger partial charge in [0.25, 0.3) is 0 Å². The van der Waals surface area contributed by atoms with Crippen LogP contribution in [0.5, 0.6) is 0 Å². The van der Waals surface area contributed by atoms with Gasteiger partial charge in [-0.25, -0.2) is 9.59 Å². The number of carbonyl (C=O) groups is 3. The van der Waals surface area contributed by atoms with Crippen LogP contribution in [0.2, 0.25) is 0 Å². The van der Waals surface area contributed by atoms with Gasteiger partial charge in [-0.1, -0.05) is 0 Å². The van der Waals surface area contributed by atoms with Gasteiger partial charge in [0.2, 0.25) is 0 Å². The van der Waals surface area contributed by atoms with E-state index < -0.39 is 29.3 Å². The lowest BCUT2D eigenvalue weighted by molar-refractivity contribution is -0.148. The number of carboxylic acid groups (broad SMARTS) is 2. The van der Waals surface area contributed by atoms with Gasteiger partial charge < -0.3 is 26.6 Å². The van der Waals surface area contributed by atoms with E-state index in [-0.39, 0.29) is 17.7 Å². The highest BCUT2D eigenvalue weighted by molar-refractivity contribution is 6.13. The number of nitrogens with two attached hydrogens (primary N) is 2. The summed E-state index contributed by atoms with van der Waals surface area (Å²) in [7, 11) is 0. The zero-order chi connectivity index (χ0) is 17.4. The minimum Gasteiger partial charge on any atom is -0.479 e. The van der Waals surface area contributed by atoms with Crippen molar-refractivity contribution in [3.63, 3.8) is 0 Å². The molecule has 0 aliphatic carbocycles. The topological polar surface area (TPSA) is 147 Å². The monoisotopic (exact) mass is 321 g/mol. The maximum atomic E-state index is 12.5. The first kappa shape index (κ1) is 16.8. The van der Waals surface area contributed by atoms with Gasteiger partial charge in [-0.3, -0.25) is 4.79 Å². The van der Waals surface area contributed by atoms with E-state index in [1.807, 2.05) is 0 Å². The van der Waals surface area contributed by atoms with Crippen molar-refractivity contribution in [3.8, 4) is 0 Å². The number of hydrogen-bond donors (Lipinski definition) is 4. The number of benzene rings is 1. The molecule has 0 spiro atoms. The number of nitrogen functional groups attached to an aromatic ring is 1. The number of aromatic carboxylic acids is 1. The predicted octanol–water partition coefficient (Wildman–Crippen LogP) is 0.307. The highest BCUT2D eigenvalue weighted by Crippen LogP contribution is 2.37. The van der Waals surface area contributed by atoms with Crippen molar-refractivity contribution < 1.29 is 24.6 Å². The quantitative estimate of drug-likeness (QED) is 0.447. The van der Waals surface area contributed by atoms with Gasteiger partial charge in [0, 0.05) is 17.9 Å². The smallest absolute Gasteiger partial charge is 0.337 e. The Labute approximate surface area is 132 Å². The van der Waals surface area contributed by atoms with Gasteiger partial charge in [0.1, 0.15) is 0 Å². The van der Waals surface area contributed by atoms with E-state index in [1.165, 1.54) is 30.0 Å². The van der Waals surface area contributed by atoms with Gasteiger partial charge >= 0.3 is 11.9 Å². The summed E-state index contributed by atoms with van der Waals surface area (Å²) in [4.78, 5) is 36.8. The van der Waals surface area contributed by atoms with E-state index in [0.717, 1.165) is 0 Å². The molecule has 1 fully saturated rings. The van der Waals surface area contributed by atoms with Crippen LogP contribution in [0.15, 0.2) is 18.2 Å².